The van der Waals surface area contributed by atoms with Gasteiger partial charge in [0.05, 0.1) is 4.90 Å². The Morgan fingerprint density at radius 2 is 1.54 bits per heavy atom. The molecule has 1 amide bonds. The van der Waals surface area contributed by atoms with Gasteiger partial charge in [-0.1, -0.05) is 11.6 Å². The first-order valence-corrected chi connectivity index (χ1v) is 11.0. The number of carbonyl (C=O) groups excluding carboxylic acids is 1. The largest absolute Gasteiger partial charge is 0.343 e. The topological polar surface area (TPSA) is 60.9 Å². The SMILES string of the molecule is O=C(CCN1CCN(S(=O)(=O)c2ccc(Cl)cc2)CC1)N1CCCCC1. The van der Waals surface area contributed by atoms with E-state index >= 15 is 0 Å². The van der Waals surface area contributed by atoms with Crippen LogP contribution >= 0.6 is 11.6 Å². The fourth-order valence-corrected chi connectivity index (χ4v) is 5.05. The Kier molecular flexibility index (Phi) is 6.55. The van der Waals surface area contributed by atoms with Gasteiger partial charge in [-0.2, -0.15) is 4.31 Å². The number of hydrogen-bond donors (Lipinski definition) is 0. The van der Waals surface area contributed by atoms with Gasteiger partial charge >= 0.3 is 0 Å². The highest BCUT2D eigenvalue weighted by atomic mass is 35.5. The lowest BCUT2D eigenvalue weighted by Crippen LogP contribution is -2.49. The average Bonchev–Trinajstić information content (AvgIpc) is 2.67. The zero-order chi connectivity index (χ0) is 18.6. The van der Waals surface area contributed by atoms with Crippen LogP contribution in [0.5, 0.6) is 0 Å². The highest BCUT2D eigenvalue weighted by Crippen LogP contribution is 2.20. The number of nitrogens with zero attached hydrogens (tertiary/aromatic N) is 3. The molecule has 0 atom stereocenters. The second-order valence-corrected chi connectivity index (χ2v) is 9.27. The predicted molar refractivity (Wildman–Crippen MR) is 102 cm³/mol. The summed E-state index contributed by atoms with van der Waals surface area (Å²) >= 11 is 5.84. The Bertz CT molecular complexity index is 710. The lowest BCUT2D eigenvalue weighted by molar-refractivity contribution is -0.132. The molecule has 0 unspecified atom stereocenters. The van der Waals surface area contributed by atoms with E-state index in [4.69, 9.17) is 11.6 Å². The van der Waals surface area contributed by atoms with Crippen LogP contribution in [0, 0.1) is 0 Å². The highest BCUT2D eigenvalue weighted by molar-refractivity contribution is 7.89. The third-order valence-electron chi connectivity index (χ3n) is 5.13. The van der Waals surface area contributed by atoms with E-state index in [1.54, 1.807) is 24.3 Å². The Hall–Kier alpha value is -1.15. The average molecular weight is 400 g/mol. The van der Waals surface area contributed by atoms with Gasteiger partial charge in [0.15, 0.2) is 0 Å². The van der Waals surface area contributed by atoms with E-state index in [2.05, 4.69) is 4.90 Å². The third-order valence-corrected chi connectivity index (χ3v) is 7.30. The minimum atomic E-state index is -3.48. The van der Waals surface area contributed by atoms with Crippen molar-refractivity contribution in [3.05, 3.63) is 29.3 Å². The molecule has 0 saturated carbocycles. The van der Waals surface area contributed by atoms with E-state index in [0.29, 0.717) is 44.2 Å². The van der Waals surface area contributed by atoms with E-state index in [0.717, 1.165) is 25.9 Å². The van der Waals surface area contributed by atoms with E-state index in [9.17, 15) is 13.2 Å². The molecular formula is C18H26ClN3O3S. The summed E-state index contributed by atoms with van der Waals surface area (Å²) in [6, 6.07) is 6.27. The van der Waals surface area contributed by atoms with Gasteiger partial charge in [0.1, 0.15) is 0 Å². The molecule has 144 valence electrons. The first-order valence-electron chi connectivity index (χ1n) is 9.23. The van der Waals surface area contributed by atoms with Crippen LogP contribution in [0.25, 0.3) is 0 Å². The van der Waals surface area contributed by atoms with Gasteiger partial charge in [-0.15, -0.1) is 0 Å². The molecule has 1 aromatic carbocycles. The van der Waals surface area contributed by atoms with Crippen molar-refractivity contribution >= 4 is 27.5 Å². The predicted octanol–water partition coefficient (Wildman–Crippen LogP) is 2.05. The summed E-state index contributed by atoms with van der Waals surface area (Å²) in [6.45, 7) is 4.66. The molecule has 0 bridgehead atoms. The number of piperazine rings is 1. The molecule has 0 radical (unpaired) electrons. The summed E-state index contributed by atoms with van der Waals surface area (Å²) < 4.78 is 26.9. The molecule has 0 aliphatic carbocycles. The van der Waals surface area contributed by atoms with Gasteiger partial charge in [-0.05, 0) is 43.5 Å². The first kappa shape index (κ1) is 19.6. The van der Waals surface area contributed by atoms with Crippen LogP contribution < -0.4 is 0 Å². The maximum Gasteiger partial charge on any atom is 0.243 e. The second kappa shape index (κ2) is 8.69. The van der Waals surface area contributed by atoms with Gasteiger partial charge < -0.3 is 9.80 Å². The monoisotopic (exact) mass is 399 g/mol. The highest BCUT2D eigenvalue weighted by Gasteiger charge is 2.28. The summed E-state index contributed by atoms with van der Waals surface area (Å²) in [6.07, 6.45) is 3.94. The van der Waals surface area contributed by atoms with Crippen molar-refractivity contribution in [1.29, 1.82) is 0 Å². The molecular weight excluding hydrogens is 374 g/mol. The lowest BCUT2D eigenvalue weighted by Gasteiger charge is -2.34. The summed E-state index contributed by atoms with van der Waals surface area (Å²) in [5, 5.41) is 0.521. The number of piperidine rings is 1. The fraction of sp³-hybridized carbons (Fsp3) is 0.611. The van der Waals surface area contributed by atoms with Crippen LogP contribution in [0.2, 0.25) is 5.02 Å². The normalized spacial score (nSPS) is 20.3. The molecule has 8 heteroatoms. The Balaban J connectivity index is 1.47. The molecule has 26 heavy (non-hydrogen) atoms. The number of hydrogen-bond acceptors (Lipinski definition) is 4. The molecule has 2 fully saturated rings. The number of rotatable bonds is 5. The number of likely N-dealkylation sites (tertiary alicyclic amines) is 1. The van der Waals surface area contributed by atoms with Crippen molar-refractivity contribution in [1.82, 2.24) is 14.1 Å². The lowest BCUT2D eigenvalue weighted by atomic mass is 10.1. The second-order valence-electron chi connectivity index (χ2n) is 6.89. The van der Waals surface area contributed by atoms with Crippen molar-refractivity contribution in [2.24, 2.45) is 0 Å². The molecule has 2 aliphatic rings. The zero-order valence-electron chi connectivity index (χ0n) is 14.9. The van der Waals surface area contributed by atoms with Crippen molar-refractivity contribution in [3.63, 3.8) is 0 Å². The molecule has 6 nitrogen and oxygen atoms in total. The Morgan fingerprint density at radius 1 is 0.923 bits per heavy atom. The summed E-state index contributed by atoms with van der Waals surface area (Å²) in [5.41, 5.74) is 0. The van der Waals surface area contributed by atoms with E-state index in [-0.39, 0.29) is 10.8 Å². The van der Waals surface area contributed by atoms with Crippen molar-refractivity contribution in [2.75, 3.05) is 45.8 Å². The maximum absolute atomic E-state index is 12.7. The van der Waals surface area contributed by atoms with Gasteiger partial charge in [0.25, 0.3) is 0 Å². The Morgan fingerprint density at radius 3 is 2.15 bits per heavy atom. The third kappa shape index (κ3) is 4.76. The van der Waals surface area contributed by atoms with Crippen molar-refractivity contribution in [3.8, 4) is 0 Å². The number of benzene rings is 1. The van der Waals surface area contributed by atoms with Gasteiger partial charge in [-0.3, -0.25) is 4.79 Å². The van der Waals surface area contributed by atoms with Crippen LogP contribution in [0.4, 0.5) is 0 Å². The number of halogens is 1. The number of amides is 1. The van der Waals surface area contributed by atoms with Gasteiger partial charge in [0, 0.05) is 57.3 Å². The zero-order valence-corrected chi connectivity index (χ0v) is 16.5. The fourth-order valence-electron chi connectivity index (χ4n) is 3.50. The van der Waals surface area contributed by atoms with E-state index in [1.165, 1.54) is 10.7 Å². The summed E-state index contributed by atoms with van der Waals surface area (Å²) in [5.74, 6) is 0.223. The van der Waals surface area contributed by atoms with Crippen molar-refractivity contribution in [2.45, 2.75) is 30.6 Å². The van der Waals surface area contributed by atoms with Gasteiger partial charge in [0.2, 0.25) is 15.9 Å². The molecule has 0 aromatic heterocycles. The van der Waals surface area contributed by atoms with Crippen LogP contribution in [0.3, 0.4) is 0 Å². The van der Waals surface area contributed by atoms with Gasteiger partial charge in [-0.25, -0.2) is 8.42 Å². The first-order chi connectivity index (χ1) is 12.5. The van der Waals surface area contributed by atoms with E-state index < -0.39 is 10.0 Å². The Labute approximate surface area is 160 Å². The maximum atomic E-state index is 12.7. The van der Waals surface area contributed by atoms with Crippen LogP contribution in [-0.4, -0.2) is 74.2 Å². The molecule has 0 spiro atoms. The van der Waals surface area contributed by atoms with E-state index in [1.807, 2.05) is 4.90 Å². The minimum Gasteiger partial charge on any atom is -0.343 e. The summed E-state index contributed by atoms with van der Waals surface area (Å²) in [4.78, 5) is 16.7. The van der Waals surface area contributed by atoms with Crippen LogP contribution in [-0.2, 0) is 14.8 Å². The molecule has 0 N–H and O–H groups in total. The quantitative estimate of drug-likeness (QED) is 0.760. The molecule has 2 aliphatic heterocycles. The van der Waals surface area contributed by atoms with Crippen molar-refractivity contribution < 1.29 is 13.2 Å². The number of sulfonamides is 1. The van der Waals surface area contributed by atoms with Crippen LogP contribution in [0.15, 0.2) is 29.2 Å². The molecule has 3 rings (SSSR count). The smallest absolute Gasteiger partial charge is 0.243 e. The molecule has 2 heterocycles. The molecule has 2 saturated heterocycles. The standard InChI is InChI=1S/C18H26ClN3O3S/c19-16-4-6-17(7-5-16)26(24,25)22-14-12-20(13-15-22)11-8-18(23)21-9-2-1-3-10-21/h4-7H,1-3,8-15H2. The molecule has 1 aromatic rings. The minimum absolute atomic E-state index is 0.223. The number of carbonyl (C=O) groups is 1. The summed E-state index contributed by atoms with van der Waals surface area (Å²) in [7, 11) is -3.48. The van der Waals surface area contributed by atoms with Crippen LogP contribution in [0.1, 0.15) is 25.7 Å².